The third-order valence-corrected chi connectivity index (χ3v) is 4.10. The molecule has 1 heterocycles. The van der Waals surface area contributed by atoms with E-state index < -0.39 is 0 Å². The van der Waals surface area contributed by atoms with E-state index in [0.29, 0.717) is 23.7 Å². The summed E-state index contributed by atoms with van der Waals surface area (Å²) in [5.41, 5.74) is 5.32. The van der Waals surface area contributed by atoms with Gasteiger partial charge in [0.1, 0.15) is 0 Å². The van der Waals surface area contributed by atoms with Crippen LogP contribution >= 0.6 is 0 Å². The molecule has 0 aliphatic heterocycles. The Hall–Kier alpha value is -2.36. The molecule has 0 saturated heterocycles. The van der Waals surface area contributed by atoms with Gasteiger partial charge in [-0.2, -0.15) is 0 Å². The monoisotopic (exact) mass is 296 g/mol. The average molecular weight is 296 g/mol. The molecule has 1 N–H and O–H groups in total. The maximum Gasteiger partial charge on any atom is 0.340 e. The summed E-state index contributed by atoms with van der Waals surface area (Å²) in [6.07, 6.45) is 5.81. The van der Waals surface area contributed by atoms with Crippen LogP contribution in [0.5, 0.6) is 0 Å². The van der Waals surface area contributed by atoms with Gasteiger partial charge in [-0.05, 0) is 48.4 Å². The maximum absolute atomic E-state index is 11.8. The highest BCUT2D eigenvalue weighted by Crippen LogP contribution is 2.43. The number of hydrogen-bond donors (Lipinski definition) is 1. The second-order valence-electron chi connectivity index (χ2n) is 5.69. The van der Waals surface area contributed by atoms with Crippen molar-refractivity contribution in [1.82, 2.24) is 4.98 Å². The molecule has 1 aromatic carbocycles. The molecule has 114 valence electrons. The van der Waals surface area contributed by atoms with Crippen molar-refractivity contribution in [2.45, 2.75) is 32.2 Å². The van der Waals surface area contributed by atoms with Gasteiger partial charge in [0.2, 0.25) is 0 Å². The van der Waals surface area contributed by atoms with Gasteiger partial charge in [-0.15, -0.1) is 0 Å². The van der Waals surface area contributed by atoms with Crippen molar-refractivity contribution in [3.05, 3.63) is 58.9 Å². The summed E-state index contributed by atoms with van der Waals surface area (Å²) in [6, 6.07) is 8.08. The van der Waals surface area contributed by atoms with Crippen LogP contribution in [0, 0.1) is 6.92 Å². The highest BCUT2D eigenvalue weighted by molar-refractivity contribution is 5.95. The van der Waals surface area contributed by atoms with Crippen LogP contribution in [0.4, 0.5) is 5.69 Å². The largest absolute Gasteiger partial charge is 0.465 e. The van der Waals surface area contributed by atoms with E-state index in [9.17, 15) is 4.79 Å². The summed E-state index contributed by atoms with van der Waals surface area (Å²) < 4.78 is 4.81. The number of aryl methyl sites for hydroxylation is 1. The molecule has 0 bridgehead atoms. The molecular formula is C18H20N2O2. The summed E-state index contributed by atoms with van der Waals surface area (Å²) in [7, 11) is 1.39. The number of methoxy groups -OCH3 is 1. The van der Waals surface area contributed by atoms with Crippen molar-refractivity contribution in [2.24, 2.45) is 0 Å². The lowest BCUT2D eigenvalue weighted by molar-refractivity contribution is 0.0601. The molecule has 1 fully saturated rings. The molecule has 0 unspecified atom stereocenters. The van der Waals surface area contributed by atoms with Gasteiger partial charge in [-0.3, -0.25) is 4.98 Å². The van der Waals surface area contributed by atoms with Gasteiger partial charge >= 0.3 is 5.97 Å². The maximum atomic E-state index is 11.8. The zero-order valence-electron chi connectivity index (χ0n) is 12.9. The first-order valence-electron chi connectivity index (χ1n) is 7.55. The molecule has 3 rings (SSSR count). The lowest BCUT2D eigenvalue weighted by atomic mass is 9.97. The van der Waals surface area contributed by atoms with Crippen LogP contribution in [0.25, 0.3) is 0 Å². The van der Waals surface area contributed by atoms with E-state index >= 15 is 0 Å². The Labute approximate surface area is 130 Å². The van der Waals surface area contributed by atoms with E-state index in [-0.39, 0.29) is 5.97 Å². The number of benzene rings is 1. The van der Waals surface area contributed by atoms with E-state index in [0.717, 1.165) is 0 Å². The van der Waals surface area contributed by atoms with Crippen molar-refractivity contribution < 1.29 is 9.53 Å². The van der Waals surface area contributed by atoms with E-state index in [2.05, 4.69) is 35.4 Å². The second-order valence-corrected chi connectivity index (χ2v) is 5.69. The van der Waals surface area contributed by atoms with Gasteiger partial charge < -0.3 is 10.1 Å². The predicted molar refractivity (Wildman–Crippen MR) is 86.1 cm³/mol. The minimum atomic E-state index is -0.350. The predicted octanol–water partition coefficient (Wildman–Crippen LogP) is 3.67. The minimum absolute atomic E-state index is 0.350. The fraction of sp³-hybridized carbons (Fsp3) is 0.333. The number of esters is 1. The molecule has 0 radical (unpaired) electrons. The highest BCUT2D eigenvalue weighted by atomic mass is 16.5. The quantitative estimate of drug-likeness (QED) is 0.855. The summed E-state index contributed by atoms with van der Waals surface area (Å²) in [6.45, 7) is 2.85. The van der Waals surface area contributed by atoms with Crippen LogP contribution in [-0.2, 0) is 11.3 Å². The van der Waals surface area contributed by atoms with Crippen LogP contribution in [0.2, 0.25) is 0 Å². The fourth-order valence-electron chi connectivity index (χ4n) is 2.87. The third-order valence-electron chi connectivity index (χ3n) is 4.10. The molecule has 4 heteroatoms. The molecule has 4 nitrogen and oxygen atoms in total. The smallest absolute Gasteiger partial charge is 0.340 e. The Morgan fingerprint density at radius 3 is 2.91 bits per heavy atom. The summed E-state index contributed by atoms with van der Waals surface area (Å²) in [4.78, 5) is 15.9. The molecule has 1 aromatic heterocycles. The lowest BCUT2D eigenvalue weighted by Gasteiger charge is -2.14. The zero-order valence-corrected chi connectivity index (χ0v) is 12.9. The van der Waals surface area contributed by atoms with Gasteiger partial charge in [-0.1, -0.05) is 18.2 Å². The Balaban J connectivity index is 1.82. The van der Waals surface area contributed by atoms with Crippen LogP contribution in [0.15, 0.2) is 36.7 Å². The number of carbonyl (C=O) groups excluding carboxylic acids is 1. The van der Waals surface area contributed by atoms with Gasteiger partial charge in [-0.25, -0.2) is 4.79 Å². The molecule has 1 saturated carbocycles. The molecule has 2 aromatic rings. The van der Waals surface area contributed by atoms with Gasteiger partial charge in [0.25, 0.3) is 0 Å². The Kier molecular flexibility index (Phi) is 4.09. The molecule has 0 spiro atoms. The van der Waals surface area contributed by atoms with Crippen molar-refractivity contribution in [1.29, 1.82) is 0 Å². The number of rotatable bonds is 5. The van der Waals surface area contributed by atoms with Crippen LogP contribution in [0.1, 0.15) is 45.8 Å². The first kappa shape index (κ1) is 14.6. The van der Waals surface area contributed by atoms with Gasteiger partial charge in [0.05, 0.1) is 24.6 Å². The summed E-state index contributed by atoms with van der Waals surface area (Å²) >= 11 is 0. The molecule has 0 atom stereocenters. The number of anilines is 1. The number of pyridine rings is 1. The number of ether oxygens (including phenoxy) is 1. The van der Waals surface area contributed by atoms with E-state index in [4.69, 9.17) is 4.74 Å². The van der Waals surface area contributed by atoms with E-state index in [1.165, 1.54) is 36.6 Å². The number of hydrogen-bond acceptors (Lipinski definition) is 4. The number of carbonyl (C=O) groups is 1. The molecule has 1 aliphatic rings. The van der Waals surface area contributed by atoms with Gasteiger partial charge in [0.15, 0.2) is 0 Å². The second kappa shape index (κ2) is 6.18. The molecule has 1 aliphatic carbocycles. The number of nitrogens with zero attached hydrogens (tertiary/aromatic N) is 1. The number of nitrogens with one attached hydrogen (secondary N) is 1. The molecule has 22 heavy (non-hydrogen) atoms. The highest BCUT2D eigenvalue weighted by Gasteiger charge is 2.27. The van der Waals surface area contributed by atoms with Crippen LogP contribution in [-0.4, -0.2) is 18.1 Å². The minimum Gasteiger partial charge on any atom is -0.465 e. The standard InChI is InChI=1S/C18H20N2O2/c1-12-4-3-5-14(17(12)13-6-7-13)10-20-16-11-19-9-8-15(16)18(21)22-2/h3-5,8-9,11,13,20H,6-7,10H2,1-2H3. The van der Waals surface area contributed by atoms with Gasteiger partial charge in [0, 0.05) is 12.7 Å². The Morgan fingerprint density at radius 1 is 1.36 bits per heavy atom. The first-order chi connectivity index (χ1) is 10.7. The zero-order chi connectivity index (χ0) is 15.5. The lowest BCUT2D eigenvalue weighted by Crippen LogP contribution is -2.10. The van der Waals surface area contributed by atoms with Crippen LogP contribution < -0.4 is 5.32 Å². The van der Waals surface area contributed by atoms with Crippen molar-refractivity contribution in [3.63, 3.8) is 0 Å². The Bertz CT molecular complexity index is 693. The van der Waals surface area contributed by atoms with E-state index in [1.54, 1.807) is 18.5 Å². The Morgan fingerprint density at radius 2 is 2.18 bits per heavy atom. The molecular weight excluding hydrogens is 276 g/mol. The third kappa shape index (κ3) is 2.96. The fourth-order valence-corrected chi connectivity index (χ4v) is 2.87. The van der Waals surface area contributed by atoms with Crippen molar-refractivity contribution in [3.8, 4) is 0 Å². The van der Waals surface area contributed by atoms with Crippen molar-refractivity contribution >= 4 is 11.7 Å². The normalized spacial score (nSPS) is 13.7. The topological polar surface area (TPSA) is 51.2 Å². The van der Waals surface area contributed by atoms with E-state index in [1.807, 2.05) is 0 Å². The summed E-state index contributed by atoms with van der Waals surface area (Å²) in [5, 5.41) is 3.33. The first-order valence-corrected chi connectivity index (χ1v) is 7.55. The molecule has 0 amide bonds. The summed E-state index contributed by atoms with van der Waals surface area (Å²) in [5.74, 6) is 0.350. The number of aromatic nitrogens is 1. The van der Waals surface area contributed by atoms with Crippen LogP contribution in [0.3, 0.4) is 0 Å². The van der Waals surface area contributed by atoms with Crippen molar-refractivity contribution in [2.75, 3.05) is 12.4 Å². The SMILES string of the molecule is COC(=O)c1ccncc1NCc1cccc(C)c1C1CC1. The average Bonchev–Trinajstić information content (AvgIpc) is 3.37.